The molecule has 5 N–H and O–H groups in total. The maximum Gasteiger partial charge on any atom is 0.197 e. The summed E-state index contributed by atoms with van der Waals surface area (Å²) in [7, 11) is 0. The first-order chi connectivity index (χ1) is 4.68. The summed E-state index contributed by atoms with van der Waals surface area (Å²) in [6.07, 6.45) is 2.50. The number of nitrogen functional groups attached to an aromatic ring is 1. The number of H-pyrrole nitrogens is 1. The van der Waals surface area contributed by atoms with E-state index in [2.05, 4.69) is 9.97 Å². The molecule has 0 aliphatic carbocycles. The van der Waals surface area contributed by atoms with Gasteiger partial charge in [0.15, 0.2) is 5.95 Å². The van der Waals surface area contributed by atoms with Gasteiger partial charge in [0.25, 0.3) is 0 Å². The van der Waals surface area contributed by atoms with Crippen LogP contribution in [0.15, 0.2) is 6.20 Å². The lowest BCUT2D eigenvalue weighted by Gasteiger charge is -1.99. The average molecular weight is 140 g/mol. The number of aromatic amines is 1. The summed E-state index contributed by atoms with van der Waals surface area (Å²) in [5, 5.41) is 0. The van der Waals surface area contributed by atoms with E-state index in [9.17, 15) is 0 Å². The standard InChI is InChI=1S/C6H12N4/c1-4(7)2-5-3-9-6(8)10-5/h3-4H,2,7H2,1H3,(H3,8,9,10). The van der Waals surface area contributed by atoms with Crippen LogP contribution in [0.2, 0.25) is 0 Å². The first-order valence-electron chi connectivity index (χ1n) is 3.23. The molecule has 0 aliphatic heterocycles. The molecule has 56 valence electrons. The van der Waals surface area contributed by atoms with E-state index in [-0.39, 0.29) is 6.04 Å². The molecule has 1 atom stereocenters. The Kier molecular flexibility index (Phi) is 1.91. The van der Waals surface area contributed by atoms with Crippen molar-refractivity contribution in [2.24, 2.45) is 5.73 Å². The molecular weight excluding hydrogens is 128 g/mol. The fraction of sp³-hybridized carbons (Fsp3) is 0.500. The molecular formula is C6H12N4. The molecule has 4 nitrogen and oxygen atoms in total. The first kappa shape index (κ1) is 7.08. The van der Waals surface area contributed by atoms with Crippen molar-refractivity contribution < 1.29 is 0 Å². The Bertz CT molecular complexity index is 203. The minimum atomic E-state index is 0.153. The van der Waals surface area contributed by atoms with Crippen LogP contribution >= 0.6 is 0 Å². The van der Waals surface area contributed by atoms with Crippen LogP contribution in [0, 0.1) is 0 Å². The molecule has 1 rings (SSSR count). The number of hydrogen-bond donors (Lipinski definition) is 3. The number of nitrogens with one attached hydrogen (secondary N) is 1. The van der Waals surface area contributed by atoms with Crippen LogP contribution in [0.4, 0.5) is 5.95 Å². The zero-order chi connectivity index (χ0) is 7.56. The predicted octanol–water partition coefficient (Wildman–Crippen LogP) is -0.118. The summed E-state index contributed by atoms with van der Waals surface area (Å²) in [6.45, 7) is 1.94. The second-order valence-electron chi connectivity index (χ2n) is 2.48. The number of anilines is 1. The third-order valence-electron chi connectivity index (χ3n) is 1.19. The Morgan fingerprint density at radius 3 is 2.90 bits per heavy atom. The molecule has 4 heteroatoms. The molecule has 0 aliphatic rings. The summed E-state index contributed by atoms with van der Waals surface area (Å²) in [6, 6.07) is 0.153. The lowest BCUT2D eigenvalue weighted by Crippen LogP contribution is -2.17. The number of nitrogens with zero attached hydrogens (tertiary/aromatic N) is 1. The molecule has 0 spiro atoms. The molecule has 0 aromatic carbocycles. The van der Waals surface area contributed by atoms with E-state index in [1.54, 1.807) is 6.20 Å². The van der Waals surface area contributed by atoms with E-state index in [1.807, 2.05) is 6.92 Å². The lowest BCUT2D eigenvalue weighted by molar-refractivity contribution is 0.726. The van der Waals surface area contributed by atoms with Gasteiger partial charge in [0.2, 0.25) is 0 Å². The van der Waals surface area contributed by atoms with E-state index in [4.69, 9.17) is 11.5 Å². The van der Waals surface area contributed by atoms with Gasteiger partial charge in [-0.1, -0.05) is 0 Å². The van der Waals surface area contributed by atoms with E-state index >= 15 is 0 Å². The summed E-state index contributed by atoms with van der Waals surface area (Å²) in [5.74, 6) is 0.454. The van der Waals surface area contributed by atoms with Crippen molar-refractivity contribution in [3.05, 3.63) is 11.9 Å². The molecule has 0 saturated heterocycles. The monoisotopic (exact) mass is 140 g/mol. The van der Waals surface area contributed by atoms with Gasteiger partial charge in [0.05, 0.1) is 6.20 Å². The van der Waals surface area contributed by atoms with Gasteiger partial charge in [0, 0.05) is 18.2 Å². The highest BCUT2D eigenvalue weighted by Crippen LogP contribution is 1.99. The van der Waals surface area contributed by atoms with Crippen molar-refractivity contribution in [2.75, 3.05) is 5.73 Å². The predicted molar refractivity (Wildman–Crippen MR) is 40.4 cm³/mol. The summed E-state index contributed by atoms with van der Waals surface area (Å²) < 4.78 is 0. The van der Waals surface area contributed by atoms with Crippen LogP contribution < -0.4 is 11.5 Å². The molecule has 0 fully saturated rings. The van der Waals surface area contributed by atoms with Crippen LogP contribution in [0.5, 0.6) is 0 Å². The number of aromatic nitrogens is 2. The third kappa shape index (κ3) is 1.73. The van der Waals surface area contributed by atoms with Gasteiger partial charge in [-0.15, -0.1) is 0 Å². The van der Waals surface area contributed by atoms with Gasteiger partial charge < -0.3 is 16.5 Å². The second kappa shape index (κ2) is 2.70. The second-order valence-corrected chi connectivity index (χ2v) is 2.48. The van der Waals surface area contributed by atoms with Gasteiger partial charge in [-0.2, -0.15) is 0 Å². The molecule has 0 radical (unpaired) electrons. The van der Waals surface area contributed by atoms with Crippen molar-refractivity contribution in [1.29, 1.82) is 0 Å². The Balaban J connectivity index is 2.58. The number of nitrogens with two attached hydrogens (primary N) is 2. The third-order valence-corrected chi connectivity index (χ3v) is 1.19. The Morgan fingerprint density at radius 1 is 1.80 bits per heavy atom. The molecule has 1 aromatic rings. The SMILES string of the molecule is CC(N)Cc1cnc(N)[nH]1. The Hall–Kier alpha value is -1.03. The van der Waals surface area contributed by atoms with E-state index in [1.165, 1.54) is 0 Å². The minimum Gasteiger partial charge on any atom is -0.369 e. The molecule has 0 bridgehead atoms. The molecule has 0 saturated carbocycles. The highest BCUT2D eigenvalue weighted by atomic mass is 15.0. The van der Waals surface area contributed by atoms with Gasteiger partial charge in [0.1, 0.15) is 0 Å². The van der Waals surface area contributed by atoms with E-state index in [0.717, 1.165) is 12.1 Å². The average Bonchev–Trinajstić information content (AvgIpc) is 2.13. The number of rotatable bonds is 2. The van der Waals surface area contributed by atoms with Crippen LogP contribution in [-0.2, 0) is 6.42 Å². The van der Waals surface area contributed by atoms with E-state index in [0.29, 0.717) is 5.95 Å². The van der Waals surface area contributed by atoms with Gasteiger partial charge in [-0.3, -0.25) is 0 Å². The number of imidazole rings is 1. The van der Waals surface area contributed by atoms with Crippen molar-refractivity contribution in [1.82, 2.24) is 9.97 Å². The molecule has 10 heavy (non-hydrogen) atoms. The molecule has 1 aromatic heterocycles. The summed E-state index contributed by atoms with van der Waals surface area (Å²) in [4.78, 5) is 6.73. The topological polar surface area (TPSA) is 80.7 Å². The summed E-state index contributed by atoms with van der Waals surface area (Å²) in [5.41, 5.74) is 11.9. The molecule has 0 amide bonds. The smallest absolute Gasteiger partial charge is 0.197 e. The van der Waals surface area contributed by atoms with Crippen molar-refractivity contribution in [3.8, 4) is 0 Å². The van der Waals surface area contributed by atoms with Crippen molar-refractivity contribution >= 4 is 5.95 Å². The first-order valence-corrected chi connectivity index (χ1v) is 3.23. The largest absolute Gasteiger partial charge is 0.369 e. The Labute approximate surface area is 59.6 Å². The lowest BCUT2D eigenvalue weighted by atomic mass is 10.2. The summed E-state index contributed by atoms with van der Waals surface area (Å²) >= 11 is 0. The maximum atomic E-state index is 5.55. The van der Waals surface area contributed by atoms with E-state index < -0.39 is 0 Å². The minimum absolute atomic E-state index is 0.153. The fourth-order valence-corrected chi connectivity index (χ4v) is 0.827. The Morgan fingerprint density at radius 2 is 2.50 bits per heavy atom. The van der Waals surface area contributed by atoms with Gasteiger partial charge in [-0.05, 0) is 6.92 Å². The quantitative estimate of drug-likeness (QED) is 0.535. The normalized spacial score (nSPS) is 13.4. The zero-order valence-electron chi connectivity index (χ0n) is 5.96. The molecule has 1 unspecified atom stereocenters. The van der Waals surface area contributed by atoms with Crippen LogP contribution in [0.1, 0.15) is 12.6 Å². The highest BCUT2D eigenvalue weighted by molar-refractivity contribution is 5.18. The van der Waals surface area contributed by atoms with Crippen LogP contribution in [-0.4, -0.2) is 16.0 Å². The maximum absolute atomic E-state index is 5.55. The highest BCUT2D eigenvalue weighted by Gasteiger charge is 1.99. The fourth-order valence-electron chi connectivity index (χ4n) is 0.827. The molecule has 1 heterocycles. The van der Waals surface area contributed by atoms with Crippen LogP contribution in [0.3, 0.4) is 0 Å². The van der Waals surface area contributed by atoms with Crippen LogP contribution in [0.25, 0.3) is 0 Å². The number of hydrogen-bond acceptors (Lipinski definition) is 3. The van der Waals surface area contributed by atoms with Crippen molar-refractivity contribution in [3.63, 3.8) is 0 Å². The van der Waals surface area contributed by atoms with Gasteiger partial charge >= 0.3 is 0 Å². The van der Waals surface area contributed by atoms with Gasteiger partial charge in [-0.25, -0.2) is 4.98 Å². The van der Waals surface area contributed by atoms with Crippen molar-refractivity contribution in [2.45, 2.75) is 19.4 Å². The zero-order valence-corrected chi connectivity index (χ0v) is 5.96.